The summed E-state index contributed by atoms with van der Waals surface area (Å²) in [6.07, 6.45) is 1.00. The average Bonchev–Trinajstić information content (AvgIpc) is 2.85. The predicted octanol–water partition coefficient (Wildman–Crippen LogP) is 4.79. The van der Waals surface area contributed by atoms with Crippen LogP contribution < -0.4 is 0 Å². The zero-order chi connectivity index (χ0) is 13.4. The fourth-order valence-electron chi connectivity index (χ4n) is 2.02. The number of rotatable bonds is 2. The van der Waals surface area contributed by atoms with Crippen molar-refractivity contribution in [3.63, 3.8) is 0 Å². The van der Waals surface area contributed by atoms with Crippen molar-refractivity contribution in [1.29, 1.82) is 0 Å². The summed E-state index contributed by atoms with van der Waals surface area (Å²) >= 11 is 11.1. The molecule has 1 N–H and O–H groups in total. The van der Waals surface area contributed by atoms with Crippen LogP contribution in [0.3, 0.4) is 0 Å². The Labute approximate surface area is 127 Å². The first kappa shape index (κ1) is 13.1. The van der Waals surface area contributed by atoms with Gasteiger partial charge in [0, 0.05) is 26.6 Å². The number of aliphatic hydroxyl groups is 1. The van der Waals surface area contributed by atoms with Gasteiger partial charge in [0.1, 0.15) is 6.10 Å². The number of thiophene rings is 1. The Morgan fingerprint density at radius 1 is 1.26 bits per heavy atom. The summed E-state index contributed by atoms with van der Waals surface area (Å²) in [5.74, 6) is 0. The molecule has 0 saturated carbocycles. The van der Waals surface area contributed by atoms with Gasteiger partial charge in [-0.25, -0.2) is 0 Å². The van der Waals surface area contributed by atoms with E-state index in [1.807, 2.05) is 29.6 Å². The van der Waals surface area contributed by atoms with Crippen LogP contribution in [-0.2, 0) is 0 Å². The summed E-state index contributed by atoms with van der Waals surface area (Å²) in [5, 5.41) is 14.0. The molecule has 0 spiro atoms. The zero-order valence-corrected chi connectivity index (χ0v) is 12.8. The van der Waals surface area contributed by atoms with Crippen molar-refractivity contribution in [2.24, 2.45) is 0 Å². The van der Waals surface area contributed by atoms with Crippen LogP contribution >= 0.6 is 38.9 Å². The summed E-state index contributed by atoms with van der Waals surface area (Å²) < 4.78 is 0.907. The fraction of sp³-hybridized carbons (Fsp3) is 0.0714. The second kappa shape index (κ2) is 5.21. The molecule has 0 aliphatic rings. The van der Waals surface area contributed by atoms with E-state index in [0.29, 0.717) is 5.02 Å². The highest BCUT2D eigenvalue weighted by Crippen LogP contribution is 2.36. The van der Waals surface area contributed by atoms with Crippen molar-refractivity contribution >= 4 is 49.8 Å². The summed E-state index contributed by atoms with van der Waals surface area (Å²) in [4.78, 5) is 5.22. The molecule has 3 aromatic rings. The van der Waals surface area contributed by atoms with Gasteiger partial charge in [0.05, 0.1) is 10.4 Å². The highest BCUT2D eigenvalue weighted by molar-refractivity contribution is 9.10. The van der Waals surface area contributed by atoms with Crippen LogP contribution in [0.25, 0.3) is 10.9 Å². The first-order valence-electron chi connectivity index (χ1n) is 5.62. The molecule has 5 heteroatoms. The molecule has 96 valence electrons. The lowest BCUT2D eigenvalue weighted by Crippen LogP contribution is -2.00. The first-order chi connectivity index (χ1) is 9.18. The first-order valence-corrected chi connectivity index (χ1v) is 7.67. The molecular weight excluding hydrogens is 346 g/mol. The SMILES string of the molecule is OC(c1sccc1Br)c1ccc(Cl)c2cccnc12. The molecular formula is C14H9BrClNOS. The Bertz CT molecular complexity index is 743. The van der Waals surface area contributed by atoms with Crippen molar-refractivity contribution in [1.82, 2.24) is 4.98 Å². The molecule has 1 atom stereocenters. The average molecular weight is 355 g/mol. The molecule has 0 fully saturated rings. The normalized spacial score (nSPS) is 12.8. The lowest BCUT2D eigenvalue weighted by molar-refractivity contribution is 0.225. The quantitative estimate of drug-likeness (QED) is 0.717. The van der Waals surface area contributed by atoms with E-state index in [2.05, 4.69) is 20.9 Å². The van der Waals surface area contributed by atoms with E-state index in [9.17, 15) is 5.11 Å². The van der Waals surface area contributed by atoms with Gasteiger partial charge in [0.2, 0.25) is 0 Å². The summed E-state index contributed by atoms with van der Waals surface area (Å²) in [6, 6.07) is 9.30. The van der Waals surface area contributed by atoms with E-state index >= 15 is 0 Å². The zero-order valence-electron chi connectivity index (χ0n) is 9.68. The molecule has 0 aliphatic heterocycles. The lowest BCUT2D eigenvalue weighted by atomic mass is 10.0. The van der Waals surface area contributed by atoms with Gasteiger partial charge in [-0.2, -0.15) is 0 Å². The highest BCUT2D eigenvalue weighted by Gasteiger charge is 2.18. The van der Waals surface area contributed by atoms with Gasteiger partial charge >= 0.3 is 0 Å². The summed E-state index contributed by atoms with van der Waals surface area (Å²) in [7, 11) is 0. The molecule has 0 radical (unpaired) electrons. The van der Waals surface area contributed by atoms with Gasteiger partial charge < -0.3 is 5.11 Å². The third kappa shape index (κ3) is 2.30. The Morgan fingerprint density at radius 3 is 2.84 bits per heavy atom. The minimum absolute atomic E-state index is 0.643. The van der Waals surface area contributed by atoms with Crippen LogP contribution in [0.15, 0.2) is 46.4 Å². The van der Waals surface area contributed by atoms with Crippen LogP contribution in [0.4, 0.5) is 0 Å². The van der Waals surface area contributed by atoms with E-state index in [0.717, 1.165) is 25.8 Å². The molecule has 2 heterocycles. The molecule has 2 aromatic heterocycles. The molecule has 1 unspecified atom stereocenters. The molecule has 2 nitrogen and oxygen atoms in total. The van der Waals surface area contributed by atoms with Crippen molar-refractivity contribution in [3.05, 3.63) is 61.8 Å². The number of pyridine rings is 1. The van der Waals surface area contributed by atoms with E-state index in [1.165, 1.54) is 11.3 Å². The molecule has 3 rings (SSSR count). The molecule has 0 amide bonds. The Morgan fingerprint density at radius 2 is 2.11 bits per heavy atom. The minimum atomic E-state index is -0.705. The highest BCUT2D eigenvalue weighted by atomic mass is 79.9. The number of halogens is 2. The van der Waals surface area contributed by atoms with Crippen molar-refractivity contribution in [2.75, 3.05) is 0 Å². The number of aliphatic hydroxyl groups excluding tert-OH is 1. The number of hydrogen-bond donors (Lipinski definition) is 1. The summed E-state index contributed by atoms with van der Waals surface area (Å²) in [6.45, 7) is 0. The maximum absolute atomic E-state index is 10.5. The van der Waals surface area contributed by atoms with Gasteiger partial charge in [0.15, 0.2) is 0 Å². The fourth-order valence-corrected chi connectivity index (χ4v) is 3.83. The second-order valence-corrected chi connectivity index (χ2v) is 6.28. The molecule has 1 aromatic carbocycles. The van der Waals surface area contributed by atoms with Gasteiger partial charge in [0.25, 0.3) is 0 Å². The van der Waals surface area contributed by atoms with Gasteiger partial charge in [-0.3, -0.25) is 4.98 Å². The van der Waals surface area contributed by atoms with Crippen molar-refractivity contribution < 1.29 is 5.11 Å². The maximum atomic E-state index is 10.5. The van der Waals surface area contributed by atoms with E-state index in [-0.39, 0.29) is 0 Å². The Kier molecular flexibility index (Phi) is 3.58. The van der Waals surface area contributed by atoms with Crippen molar-refractivity contribution in [2.45, 2.75) is 6.10 Å². The Balaban J connectivity index is 2.21. The Hall–Kier alpha value is -0.940. The molecule has 0 aliphatic carbocycles. The number of nitrogens with zero attached hydrogens (tertiary/aromatic N) is 1. The number of fused-ring (bicyclic) bond motifs is 1. The van der Waals surface area contributed by atoms with Gasteiger partial charge in [-0.1, -0.05) is 17.7 Å². The third-order valence-corrected chi connectivity index (χ3v) is 5.19. The lowest BCUT2D eigenvalue weighted by Gasteiger charge is -2.13. The van der Waals surface area contributed by atoms with Crippen LogP contribution in [0.5, 0.6) is 0 Å². The van der Waals surface area contributed by atoms with Gasteiger partial charge in [-0.15, -0.1) is 11.3 Å². The topological polar surface area (TPSA) is 33.1 Å². The monoisotopic (exact) mass is 353 g/mol. The van der Waals surface area contributed by atoms with Gasteiger partial charge in [-0.05, 0) is 45.6 Å². The molecule has 0 saturated heterocycles. The number of hydrogen-bond acceptors (Lipinski definition) is 3. The van der Waals surface area contributed by atoms with E-state index in [4.69, 9.17) is 11.6 Å². The van der Waals surface area contributed by atoms with E-state index in [1.54, 1.807) is 12.3 Å². The van der Waals surface area contributed by atoms with Crippen LogP contribution in [0.1, 0.15) is 16.5 Å². The maximum Gasteiger partial charge on any atom is 0.116 e. The summed E-state index contributed by atoms with van der Waals surface area (Å²) in [5.41, 5.74) is 1.51. The predicted molar refractivity (Wildman–Crippen MR) is 82.8 cm³/mol. The van der Waals surface area contributed by atoms with E-state index < -0.39 is 6.10 Å². The molecule has 19 heavy (non-hydrogen) atoms. The number of aromatic nitrogens is 1. The van der Waals surface area contributed by atoms with Crippen LogP contribution in [-0.4, -0.2) is 10.1 Å². The van der Waals surface area contributed by atoms with Crippen LogP contribution in [0.2, 0.25) is 5.02 Å². The molecule has 0 bridgehead atoms. The number of benzene rings is 1. The largest absolute Gasteiger partial charge is 0.383 e. The smallest absolute Gasteiger partial charge is 0.116 e. The second-order valence-electron chi connectivity index (χ2n) is 4.07. The van der Waals surface area contributed by atoms with Crippen molar-refractivity contribution in [3.8, 4) is 0 Å². The standard InChI is InChI=1S/C14H9BrClNOS/c15-10-5-7-19-14(10)13(18)9-3-4-11(16)8-2-1-6-17-12(8)9/h1-7,13,18H. The van der Waals surface area contributed by atoms with Crippen LogP contribution in [0, 0.1) is 0 Å². The minimum Gasteiger partial charge on any atom is -0.383 e. The third-order valence-electron chi connectivity index (χ3n) is 2.94.